The molecule has 3 nitrogen and oxygen atoms in total. The van der Waals surface area contributed by atoms with Gasteiger partial charge in [-0.25, -0.2) is 4.79 Å². The summed E-state index contributed by atoms with van der Waals surface area (Å²) in [5, 5.41) is 0. The Kier molecular flexibility index (Phi) is 5.26. The van der Waals surface area contributed by atoms with E-state index in [2.05, 4.69) is 25.5 Å². The van der Waals surface area contributed by atoms with Gasteiger partial charge in [0.1, 0.15) is 6.61 Å². The molecule has 0 N–H and O–H groups in total. The molecule has 16 heavy (non-hydrogen) atoms. The van der Waals surface area contributed by atoms with Gasteiger partial charge in [-0.1, -0.05) is 27.2 Å². The molecular formula is C13H24O3. The molecule has 1 aliphatic carbocycles. The fourth-order valence-corrected chi connectivity index (χ4v) is 2.54. The standard InChI is InChI=1S/C13H24O3/c1-9(2)11-6-5-10(3)7-12(11)16-8-13(14)15-4/h9-12H,5-8H2,1-4H3. The van der Waals surface area contributed by atoms with Crippen LogP contribution in [0.5, 0.6) is 0 Å². The predicted molar refractivity (Wildman–Crippen MR) is 63.1 cm³/mol. The zero-order valence-corrected chi connectivity index (χ0v) is 10.9. The summed E-state index contributed by atoms with van der Waals surface area (Å²) in [5.41, 5.74) is 0. The summed E-state index contributed by atoms with van der Waals surface area (Å²) in [6.45, 7) is 6.81. The lowest BCUT2D eigenvalue weighted by Crippen LogP contribution is -2.35. The maximum Gasteiger partial charge on any atom is 0.331 e. The molecule has 1 aliphatic rings. The number of hydrogen-bond acceptors (Lipinski definition) is 3. The monoisotopic (exact) mass is 228 g/mol. The minimum absolute atomic E-state index is 0.0944. The molecule has 3 atom stereocenters. The summed E-state index contributed by atoms with van der Waals surface area (Å²) < 4.78 is 10.3. The fraction of sp³-hybridized carbons (Fsp3) is 0.923. The predicted octanol–water partition coefficient (Wildman–Crippen LogP) is 2.64. The van der Waals surface area contributed by atoms with Crippen molar-refractivity contribution in [3.63, 3.8) is 0 Å². The van der Waals surface area contributed by atoms with Crippen LogP contribution in [-0.4, -0.2) is 25.8 Å². The zero-order chi connectivity index (χ0) is 12.1. The van der Waals surface area contributed by atoms with E-state index in [0.29, 0.717) is 17.8 Å². The van der Waals surface area contributed by atoms with E-state index in [1.54, 1.807) is 0 Å². The van der Waals surface area contributed by atoms with Crippen molar-refractivity contribution in [2.75, 3.05) is 13.7 Å². The molecule has 0 aliphatic heterocycles. The summed E-state index contributed by atoms with van der Waals surface area (Å²) in [6.07, 6.45) is 3.79. The van der Waals surface area contributed by atoms with Crippen LogP contribution in [0, 0.1) is 17.8 Å². The Labute approximate surface area is 98.5 Å². The van der Waals surface area contributed by atoms with Crippen molar-refractivity contribution in [2.24, 2.45) is 17.8 Å². The second kappa shape index (κ2) is 6.24. The lowest BCUT2D eigenvalue weighted by atomic mass is 9.75. The van der Waals surface area contributed by atoms with Crippen LogP contribution >= 0.6 is 0 Å². The summed E-state index contributed by atoms with van der Waals surface area (Å²) in [4.78, 5) is 11.1. The summed E-state index contributed by atoms with van der Waals surface area (Å²) in [6, 6.07) is 0. The first-order chi connectivity index (χ1) is 7.54. The van der Waals surface area contributed by atoms with Crippen molar-refractivity contribution in [3.05, 3.63) is 0 Å². The van der Waals surface area contributed by atoms with Gasteiger partial charge in [0.2, 0.25) is 0 Å². The number of ether oxygens (including phenoxy) is 2. The van der Waals surface area contributed by atoms with Gasteiger partial charge in [-0.15, -0.1) is 0 Å². The normalized spacial score (nSPS) is 30.4. The Balaban J connectivity index is 2.47. The van der Waals surface area contributed by atoms with Crippen molar-refractivity contribution in [2.45, 2.75) is 46.1 Å². The molecule has 3 unspecified atom stereocenters. The van der Waals surface area contributed by atoms with Gasteiger partial charge in [0.15, 0.2) is 0 Å². The van der Waals surface area contributed by atoms with Gasteiger partial charge in [-0.2, -0.15) is 0 Å². The number of carbonyl (C=O) groups excluding carboxylic acids is 1. The van der Waals surface area contributed by atoms with Gasteiger partial charge < -0.3 is 9.47 Å². The van der Waals surface area contributed by atoms with Crippen molar-refractivity contribution < 1.29 is 14.3 Å². The fourth-order valence-electron chi connectivity index (χ4n) is 2.54. The molecule has 0 radical (unpaired) electrons. The first kappa shape index (κ1) is 13.5. The number of rotatable bonds is 4. The van der Waals surface area contributed by atoms with E-state index in [-0.39, 0.29) is 18.7 Å². The van der Waals surface area contributed by atoms with Gasteiger partial charge in [-0.05, 0) is 30.6 Å². The molecule has 0 spiro atoms. The van der Waals surface area contributed by atoms with E-state index in [9.17, 15) is 4.79 Å². The van der Waals surface area contributed by atoms with Crippen LogP contribution in [0.2, 0.25) is 0 Å². The molecule has 0 aromatic rings. The van der Waals surface area contributed by atoms with E-state index in [4.69, 9.17) is 4.74 Å². The lowest BCUT2D eigenvalue weighted by molar-refractivity contribution is -0.151. The average molecular weight is 228 g/mol. The maximum atomic E-state index is 11.1. The molecule has 94 valence electrons. The average Bonchev–Trinajstić information content (AvgIpc) is 2.25. The van der Waals surface area contributed by atoms with E-state index >= 15 is 0 Å². The highest BCUT2D eigenvalue weighted by Crippen LogP contribution is 2.35. The van der Waals surface area contributed by atoms with E-state index < -0.39 is 0 Å². The SMILES string of the molecule is COC(=O)COC1CC(C)CCC1C(C)C. The Bertz CT molecular complexity index is 225. The molecule has 1 saturated carbocycles. The van der Waals surface area contributed by atoms with Gasteiger partial charge in [0.25, 0.3) is 0 Å². The van der Waals surface area contributed by atoms with Crippen molar-refractivity contribution in [1.82, 2.24) is 0 Å². The third kappa shape index (κ3) is 3.78. The number of esters is 1. The molecule has 0 aromatic heterocycles. The molecule has 3 heteroatoms. The van der Waals surface area contributed by atoms with Crippen molar-refractivity contribution in [1.29, 1.82) is 0 Å². The van der Waals surface area contributed by atoms with E-state index in [1.165, 1.54) is 20.0 Å². The molecule has 1 fully saturated rings. The highest BCUT2D eigenvalue weighted by atomic mass is 16.6. The second-order valence-electron chi connectivity index (χ2n) is 5.25. The topological polar surface area (TPSA) is 35.5 Å². The van der Waals surface area contributed by atoms with E-state index in [1.807, 2.05) is 0 Å². The van der Waals surface area contributed by atoms with Gasteiger partial charge in [0, 0.05) is 0 Å². The van der Waals surface area contributed by atoms with Crippen LogP contribution in [0.15, 0.2) is 0 Å². The molecule has 0 saturated heterocycles. The quantitative estimate of drug-likeness (QED) is 0.694. The van der Waals surface area contributed by atoms with Gasteiger partial charge >= 0.3 is 5.97 Å². The Morgan fingerprint density at radius 3 is 2.62 bits per heavy atom. The first-order valence-electron chi connectivity index (χ1n) is 6.23. The van der Waals surface area contributed by atoms with E-state index in [0.717, 1.165) is 6.42 Å². The van der Waals surface area contributed by atoms with Crippen LogP contribution in [0.3, 0.4) is 0 Å². The third-order valence-corrected chi connectivity index (χ3v) is 3.60. The summed E-state index contributed by atoms with van der Waals surface area (Å²) in [7, 11) is 1.40. The largest absolute Gasteiger partial charge is 0.467 e. The van der Waals surface area contributed by atoms with Crippen LogP contribution in [0.25, 0.3) is 0 Å². The van der Waals surface area contributed by atoms with Gasteiger partial charge in [0.05, 0.1) is 13.2 Å². The highest BCUT2D eigenvalue weighted by molar-refractivity contribution is 5.70. The van der Waals surface area contributed by atoms with Crippen LogP contribution in [-0.2, 0) is 14.3 Å². The Morgan fingerprint density at radius 1 is 1.38 bits per heavy atom. The zero-order valence-electron chi connectivity index (χ0n) is 10.9. The number of methoxy groups -OCH3 is 1. The summed E-state index contributed by atoms with van der Waals surface area (Å²) >= 11 is 0. The second-order valence-corrected chi connectivity index (χ2v) is 5.25. The van der Waals surface area contributed by atoms with Crippen LogP contribution in [0.1, 0.15) is 40.0 Å². The molecule has 0 amide bonds. The molecular weight excluding hydrogens is 204 g/mol. The smallest absolute Gasteiger partial charge is 0.331 e. The summed E-state index contributed by atoms with van der Waals surface area (Å²) in [5.74, 6) is 1.63. The van der Waals surface area contributed by atoms with Crippen LogP contribution in [0.4, 0.5) is 0 Å². The molecule has 1 rings (SSSR count). The minimum Gasteiger partial charge on any atom is -0.467 e. The Morgan fingerprint density at radius 2 is 2.06 bits per heavy atom. The maximum absolute atomic E-state index is 11.1. The first-order valence-corrected chi connectivity index (χ1v) is 6.23. The van der Waals surface area contributed by atoms with Crippen molar-refractivity contribution in [3.8, 4) is 0 Å². The number of carbonyl (C=O) groups is 1. The molecule has 0 heterocycles. The minimum atomic E-state index is -0.277. The van der Waals surface area contributed by atoms with Crippen molar-refractivity contribution >= 4 is 5.97 Å². The van der Waals surface area contributed by atoms with Gasteiger partial charge in [-0.3, -0.25) is 0 Å². The lowest BCUT2D eigenvalue weighted by Gasteiger charge is -2.36. The third-order valence-electron chi connectivity index (χ3n) is 3.60. The molecule has 0 bridgehead atoms. The Hall–Kier alpha value is -0.570. The molecule has 0 aromatic carbocycles. The highest BCUT2D eigenvalue weighted by Gasteiger charge is 2.31. The number of hydrogen-bond donors (Lipinski definition) is 0. The van der Waals surface area contributed by atoms with Crippen LogP contribution < -0.4 is 0 Å².